The van der Waals surface area contributed by atoms with Crippen molar-refractivity contribution in [2.75, 3.05) is 6.61 Å². The average molecular weight is 371 g/mol. The van der Waals surface area contributed by atoms with Crippen molar-refractivity contribution in [3.8, 4) is 17.1 Å². The predicted molar refractivity (Wildman–Crippen MR) is 93.0 cm³/mol. The number of hydrogen-bond donors (Lipinski definition) is 0. The van der Waals surface area contributed by atoms with Gasteiger partial charge in [0.2, 0.25) is 0 Å². The maximum absolute atomic E-state index is 13.5. The van der Waals surface area contributed by atoms with E-state index >= 15 is 0 Å². The molecular formula is C17H24BrFN2O. The first-order valence-electron chi connectivity index (χ1n) is 7.74. The Labute approximate surface area is 140 Å². The number of imidazole rings is 1. The summed E-state index contributed by atoms with van der Waals surface area (Å²) in [6.07, 6.45) is 0. The lowest BCUT2D eigenvalue weighted by Crippen LogP contribution is -2.07. The number of halogens is 2. The van der Waals surface area contributed by atoms with Crippen molar-refractivity contribution in [3.63, 3.8) is 0 Å². The van der Waals surface area contributed by atoms with Gasteiger partial charge in [0.15, 0.2) is 0 Å². The Kier molecular flexibility index (Phi) is 7.07. The molecule has 0 bridgehead atoms. The van der Waals surface area contributed by atoms with E-state index in [0.29, 0.717) is 16.8 Å². The van der Waals surface area contributed by atoms with Crippen LogP contribution in [0.15, 0.2) is 16.6 Å². The smallest absolute Gasteiger partial charge is 0.144 e. The monoisotopic (exact) mass is 370 g/mol. The molecule has 0 fully saturated rings. The van der Waals surface area contributed by atoms with Gasteiger partial charge in [0.05, 0.1) is 22.3 Å². The summed E-state index contributed by atoms with van der Waals surface area (Å²) < 4.78 is 21.7. The van der Waals surface area contributed by atoms with E-state index in [2.05, 4.69) is 25.5 Å². The van der Waals surface area contributed by atoms with Crippen molar-refractivity contribution in [1.29, 1.82) is 0 Å². The van der Waals surface area contributed by atoms with Gasteiger partial charge < -0.3 is 9.30 Å². The zero-order chi connectivity index (χ0) is 16.9. The highest BCUT2D eigenvalue weighted by Crippen LogP contribution is 2.36. The molecule has 3 rings (SSSR count). The van der Waals surface area contributed by atoms with Crippen molar-refractivity contribution in [1.82, 2.24) is 9.55 Å². The molecule has 22 heavy (non-hydrogen) atoms. The van der Waals surface area contributed by atoms with Crippen molar-refractivity contribution in [2.45, 2.75) is 48.1 Å². The molecule has 0 saturated heterocycles. The number of fused-ring (bicyclic) bond motifs is 3. The Morgan fingerprint density at radius 2 is 1.82 bits per heavy atom. The number of ether oxygens (including phenoxy) is 1. The minimum atomic E-state index is -0.317. The average Bonchev–Trinajstić information content (AvgIpc) is 2.72. The van der Waals surface area contributed by atoms with Crippen LogP contribution in [0.3, 0.4) is 0 Å². The van der Waals surface area contributed by atoms with Gasteiger partial charge in [-0.15, -0.1) is 0 Å². The fourth-order valence-electron chi connectivity index (χ4n) is 2.20. The lowest BCUT2D eigenvalue weighted by atomic mass is 10.2. The Hall–Kier alpha value is -1.36. The van der Waals surface area contributed by atoms with Gasteiger partial charge >= 0.3 is 0 Å². The molecule has 1 aliphatic rings. The zero-order valence-electron chi connectivity index (χ0n) is 14.1. The number of rotatable bonds is 0. The van der Waals surface area contributed by atoms with Crippen LogP contribution in [0.4, 0.5) is 4.39 Å². The highest BCUT2D eigenvalue weighted by atomic mass is 79.9. The van der Waals surface area contributed by atoms with Crippen LogP contribution in [0, 0.1) is 19.7 Å². The molecule has 2 heterocycles. The van der Waals surface area contributed by atoms with Gasteiger partial charge in [-0.05, 0) is 35.8 Å². The van der Waals surface area contributed by atoms with Crippen LogP contribution < -0.4 is 4.74 Å². The van der Waals surface area contributed by atoms with Gasteiger partial charge in [0.25, 0.3) is 0 Å². The van der Waals surface area contributed by atoms with Gasteiger partial charge in [-0.25, -0.2) is 9.37 Å². The SMILES string of the molecule is CC.CC.Cc1nc2n(c1C)CCOc1cc(F)c(Br)cc1-2. The summed E-state index contributed by atoms with van der Waals surface area (Å²) in [5.41, 5.74) is 2.96. The molecule has 0 unspecified atom stereocenters. The molecule has 0 spiro atoms. The van der Waals surface area contributed by atoms with Gasteiger partial charge in [0, 0.05) is 11.8 Å². The van der Waals surface area contributed by atoms with Crippen molar-refractivity contribution in [3.05, 3.63) is 33.8 Å². The molecule has 2 aromatic rings. The molecule has 0 N–H and O–H groups in total. The standard InChI is InChI=1S/C13H12BrFN2O.2C2H6/c1-7-8(2)17-3-4-18-12-6-11(15)10(14)5-9(12)13(17)16-7;2*1-2/h5-6H,3-4H2,1-2H3;2*1-2H3. The molecule has 1 aromatic heterocycles. The molecule has 1 aliphatic heterocycles. The summed E-state index contributed by atoms with van der Waals surface area (Å²) in [4.78, 5) is 4.56. The molecule has 1 aromatic carbocycles. The van der Waals surface area contributed by atoms with Gasteiger partial charge in [-0.3, -0.25) is 0 Å². The lowest BCUT2D eigenvalue weighted by molar-refractivity contribution is 0.304. The van der Waals surface area contributed by atoms with Crippen LogP contribution in [0.5, 0.6) is 5.75 Å². The molecule has 0 atom stereocenters. The van der Waals surface area contributed by atoms with E-state index in [1.54, 1.807) is 6.07 Å². The molecule has 0 saturated carbocycles. The minimum Gasteiger partial charge on any atom is -0.491 e. The normalized spacial score (nSPS) is 11.6. The van der Waals surface area contributed by atoms with E-state index < -0.39 is 0 Å². The number of hydrogen-bond acceptors (Lipinski definition) is 2. The first-order chi connectivity index (χ1) is 10.6. The Balaban J connectivity index is 0.000000561. The first-order valence-corrected chi connectivity index (χ1v) is 8.53. The van der Waals surface area contributed by atoms with E-state index in [-0.39, 0.29) is 5.82 Å². The summed E-state index contributed by atoms with van der Waals surface area (Å²) in [5.74, 6) is 1.08. The van der Waals surface area contributed by atoms with Crippen LogP contribution in [0.25, 0.3) is 11.4 Å². The van der Waals surface area contributed by atoms with Crippen LogP contribution in [0.2, 0.25) is 0 Å². The topological polar surface area (TPSA) is 27.1 Å². The summed E-state index contributed by atoms with van der Waals surface area (Å²) in [5, 5.41) is 0. The van der Waals surface area contributed by atoms with Crippen LogP contribution >= 0.6 is 15.9 Å². The van der Waals surface area contributed by atoms with E-state index in [9.17, 15) is 4.39 Å². The van der Waals surface area contributed by atoms with Crippen molar-refractivity contribution >= 4 is 15.9 Å². The second-order valence-electron chi connectivity index (χ2n) is 4.37. The Morgan fingerprint density at radius 1 is 1.18 bits per heavy atom. The van der Waals surface area contributed by atoms with E-state index in [1.165, 1.54) is 6.07 Å². The van der Waals surface area contributed by atoms with Crippen LogP contribution in [-0.4, -0.2) is 16.2 Å². The maximum atomic E-state index is 13.5. The fourth-order valence-corrected chi connectivity index (χ4v) is 2.55. The third-order valence-electron chi connectivity index (χ3n) is 3.29. The maximum Gasteiger partial charge on any atom is 0.144 e. The van der Waals surface area contributed by atoms with Crippen molar-refractivity contribution < 1.29 is 9.13 Å². The number of benzene rings is 1. The molecule has 0 amide bonds. The zero-order valence-corrected chi connectivity index (χ0v) is 15.7. The lowest BCUT2D eigenvalue weighted by Gasteiger charge is -2.07. The molecule has 3 nitrogen and oxygen atoms in total. The van der Waals surface area contributed by atoms with Crippen molar-refractivity contribution in [2.24, 2.45) is 0 Å². The largest absolute Gasteiger partial charge is 0.491 e. The van der Waals surface area contributed by atoms with E-state index in [4.69, 9.17) is 4.74 Å². The Bertz CT molecular complexity index is 638. The summed E-state index contributed by atoms with van der Waals surface area (Å²) in [7, 11) is 0. The highest BCUT2D eigenvalue weighted by Gasteiger charge is 2.21. The minimum absolute atomic E-state index is 0.317. The Morgan fingerprint density at radius 3 is 2.45 bits per heavy atom. The first kappa shape index (κ1) is 18.7. The van der Waals surface area contributed by atoms with E-state index in [1.807, 2.05) is 41.5 Å². The predicted octanol–water partition coefficient (Wildman–Crippen LogP) is 5.51. The molecule has 0 radical (unpaired) electrons. The summed E-state index contributed by atoms with van der Waals surface area (Å²) >= 11 is 3.21. The second-order valence-corrected chi connectivity index (χ2v) is 5.22. The fraction of sp³-hybridized carbons (Fsp3) is 0.471. The molecular weight excluding hydrogens is 347 g/mol. The third kappa shape index (κ3) is 3.51. The molecule has 0 aliphatic carbocycles. The highest BCUT2D eigenvalue weighted by molar-refractivity contribution is 9.10. The summed E-state index contributed by atoms with van der Waals surface area (Å²) in [6.45, 7) is 13.3. The second kappa shape index (κ2) is 8.32. The number of nitrogens with zero attached hydrogens (tertiary/aromatic N) is 2. The van der Waals surface area contributed by atoms with Crippen LogP contribution in [0.1, 0.15) is 39.1 Å². The van der Waals surface area contributed by atoms with E-state index in [0.717, 1.165) is 29.3 Å². The van der Waals surface area contributed by atoms with Gasteiger partial charge in [-0.2, -0.15) is 0 Å². The van der Waals surface area contributed by atoms with Gasteiger partial charge in [-0.1, -0.05) is 27.7 Å². The quantitative estimate of drug-likeness (QED) is 0.610. The van der Waals surface area contributed by atoms with Crippen LogP contribution in [-0.2, 0) is 6.54 Å². The number of aromatic nitrogens is 2. The molecule has 122 valence electrons. The summed E-state index contributed by atoms with van der Waals surface area (Å²) in [6, 6.07) is 3.14. The molecule has 5 heteroatoms. The number of aryl methyl sites for hydroxylation is 1. The van der Waals surface area contributed by atoms with Gasteiger partial charge in [0.1, 0.15) is 24.0 Å². The third-order valence-corrected chi connectivity index (χ3v) is 3.90.